The number of amides is 2. The molecule has 134 valence electrons. The Hall–Kier alpha value is -3.55. The highest BCUT2D eigenvalue weighted by molar-refractivity contribution is 6.01. The number of para-hydroxylation sites is 1. The van der Waals surface area contributed by atoms with Gasteiger partial charge in [0.15, 0.2) is 5.58 Å². The highest BCUT2D eigenvalue weighted by Crippen LogP contribution is 2.18. The zero-order valence-electron chi connectivity index (χ0n) is 14.0. The van der Waals surface area contributed by atoms with Crippen molar-refractivity contribution in [3.63, 3.8) is 0 Å². The average Bonchev–Trinajstić information content (AvgIpc) is 3.00. The van der Waals surface area contributed by atoms with Crippen LogP contribution >= 0.6 is 0 Å². The second kappa shape index (κ2) is 7.56. The van der Waals surface area contributed by atoms with Crippen LogP contribution in [0, 0.1) is 0 Å². The molecule has 26 heavy (non-hydrogen) atoms. The molecule has 0 aliphatic rings. The Morgan fingerprint density at radius 3 is 2.81 bits per heavy atom. The molecule has 0 unspecified atom stereocenters. The van der Waals surface area contributed by atoms with Crippen LogP contribution in [0.25, 0.3) is 11.1 Å². The van der Waals surface area contributed by atoms with Crippen LogP contribution in [-0.4, -0.2) is 29.9 Å². The molecule has 0 radical (unpaired) electrons. The van der Waals surface area contributed by atoms with Crippen LogP contribution in [0.3, 0.4) is 0 Å². The standard InChI is InChI=1S/C18H17N3O5/c1-2-25-14-6-4-3-5-12(14)17(23)19-10-16(22)20-11-7-8-15-13(9-11)21-18(24)26-15/h3-9H,2,10H2,1H3,(H,19,23)(H,20,22)(H,21,24). The molecule has 0 bridgehead atoms. The Morgan fingerprint density at radius 1 is 1.19 bits per heavy atom. The summed E-state index contributed by atoms with van der Waals surface area (Å²) in [5.41, 5.74) is 1.71. The number of hydrogen-bond donors (Lipinski definition) is 3. The molecule has 0 fully saturated rings. The van der Waals surface area contributed by atoms with Gasteiger partial charge in [0.05, 0.1) is 24.2 Å². The summed E-state index contributed by atoms with van der Waals surface area (Å²) in [6.45, 7) is 2.05. The molecule has 0 saturated heterocycles. The second-order valence-corrected chi connectivity index (χ2v) is 5.39. The van der Waals surface area contributed by atoms with Gasteiger partial charge in [-0.25, -0.2) is 4.79 Å². The topological polar surface area (TPSA) is 113 Å². The lowest BCUT2D eigenvalue weighted by atomic mass is 10.2. The number of aromatic nitrogens is 1. The first-order chi connectivity index (χ1) is 12.6. The van der Waals surface area contributed by atoms with E-state index >= 15 is 0 Å². The molecule has 0 aliphatic heterocycles. The zero-order valence-corrected chi connectivity index (χ0v) is 14.0. The predicted octanol–water partition coefficient (Wildman–Crippen LogP) is 1.89. The van der Waals surface area contributed by atoms with Crippen LogP contribution in [-0.2, 0) is 4.79 Å². The van der Waals surface area contributed by atoms with Gasteiger partial charge in [0, 0.05) is 5.69 Å². The van der Waals surface area contributed by atoms with Gasteiger partial charge >= 0.3 is 5.76 Å². The van der Waals surface area contributed by atoms with E-state index in [-0.39, 0.29) is 6.54 Å². The van der Waals surface area contributed by atoms with Gasteiger partial charge in [-0.3, -0.25) is 14.6 Å². The van der Waals surface area contributed by atoms with Gasteiger partial charge in [-0.1, -0.05) is 12.1 Å². The number of H-pyrrole nitrogens is 1. The van der Waals surface area contributed by atoms with Crippen molar-refractivity contribution < 1.29 is 18.7 Å². The number of aromatic amines is 1. The number of carbonyl (C=O) groups is 2. The van der Waals surface area contributed by atoms with Gasteiger partial charge in [0.25, 0.3) is 5.91 Å². The Bertz CT molecular complexity index is 1010. The third-order valence-corrected chi connectivity index (χ3v) is 3.54. The zero-order chi connectivity index (χ0) is 18.5. The molecule has 2 amide bonds. The van der Waals surface area contributed by atoms with Crippen LogP contribution in [0.1, 0.15) is 17.3 Å². The van der Waals surface area contributed by atoms with Gasteiger partial charge in [-0.2, -0.15) is 0 Å². The summed E-state index contributed by atoms with van der Waals surface area (Å²) < 4.78 is 10.3. The SMILES string of the molecule is CCOc1ccccc1C(=O)NCC(=O)Nc1ccc2oc(=O)[nH]c2c1. The summed E-state index contributed by atoms with van der Waals surface area (Å²) in [4.78, 5) is 37.9. The summed E-state index contributed by atoms with van der Waals surface area (Å²) in [5.74, 6) is -0.915. The number of carbonyl (C=O) groups excluding carboxylic acids is 2. The van der Waals surface area contributed by atoms with E-state index in [1.54, 1.807) is 42.5 Å². The lowest BCUT2D eigenvalue weighted by Gasteiger charge is -2.10. The van der Waals surface area contributed by atoms with Crippen molar-refractivity contribution in [2.45, 2.75) is 6.92 Å². The summed E-state index contributed by atoms with van der Waals surface area (Å²) in [6, 6.07) is 11.6. The summed E-state index contributed by atoms with van der Waals surface area (Å²) >= 11 is 0. The first-order valence-electron chi connectivity index (χ1n) is 7.99. The first kappa shape index (κ1) is 17.3. The lowest BCUT2D eigenvalue weighted by Crippen LogP contribution is -2.33. The Balaban J connectivity index is 1.61. The van der Waals surface area contributed by atoms with E-state index in [1.165, 1.54) is 0 Å². The predicted molar refractivity (Wildman–Crippen MR) is 95.4 cm³/mol. The van der Waals surface area contributed by atoms with Gasteiger partial charge in [0.2, 0.25) is 5.91 Å². The van der Waals surface area contributed by atoms with Crippen molar-refractivity contribution in [3.8, 4) is 5.75 Å². The van der Waals surface area contributed by atoms with Crippen LogP contribution in [0.15, 0.2) is 51.7 Å². The quantitative estimate of drug-likeness (QED) is 0.625. The Kier molecular flexibility index (Phi) is 5.02. The van der Waals surface area contributed by atoms with E-state index in [9.17, 15) is 14.4 Å². The van der Waals surface area contributed by atoms with E-state index in [2.05, 4.69) is 15.6 Å². The van der Waals surface area contributed by atoms with E-state index in [0.29, 0.717) is 34.7 Å². The smallest absolute Gasteiger partial charge is 0.417 e. The Morgan fingerprint density at radius 2 is 2.00 bits per heavy atom. The van der Waals surface area contributed by atoms with Crippen molar-refractivity contribution in [1.29, 1.82) is 0 Å². The van der Waals surface area contributed by atoms with Crippen LogP contribution < -0.4 is 21.1 Å². The maximum Gasteiger partial charge on any atom is 0.417 e. The first-order valence-corrected chi connectivity index (χ1v) is 7.99. The number of rotatable bonds is 6. The fourth-order valence-corrected chi connectivity index (χ4v) is 2.43. The average molecular weight is 355 g/mol. The molecule has 8 heteroatoms. The van der Waals surface area contributed by atoms with Gasteiger partial charge in [-0.05, 0) is 37.3 Å². The van der Waals surface area contributed by atoms with E-state index in [4.69, 9.17) is 9.15 Å². The van der Waals surface area contributed by atoms with Crippen molar-refractivity contribution in [2.75, 3.05) is 18.5 Å². The monoisotopic (exact) mass is 355 g/mol. The van der Waals surface area contributed by atoms with Crippen molar-refractivity contribution in [1.82, 2.24) is 10.3 Å². The number of fused-ring (bicyclic) bond motifs is 1. The van der Waals surface area contributed by atoms with Gasteiger partial charge in [0.1, 0.15) is 5.75 Å². The van der Waals surface area contributed by atoms with Crippen molar-refractivity contribution >= 4 is 28.6 Å². The summed E-state index contributed by atoms with van der Waals surface area (Å²) in [5, 5.41) is 5.19. The summed E-state index contributed by atoms with van der Waals surface area (Å²) in [7, 11) is 0. The summed E-state index contributed by atoms with van der Waals surface area (Å²) in [6.07, 6.45) is 0. The van der Waals surface area contributed by atoms with Crippen LogP contribution in [0.4, 0.5) is 5.69 Å². The molecule has 0 aliphatic carbocycles. The minimum Gasteiger partial charge on any atom is -0.493 e. The molecular weight excluding hydrogens is 338 g/mol. The van der Waals surface area contributed by atoms with E-state index < -0.39 is 17.6 Å². The minimum atomic E-state index is -0.566. The molecular formula is C18H17N3O5. The van der Waals surface area contributed by atoms with Crippen LogP contribution in [0.2, 0.25) is 0 Å². The van der Waals surface area contributed by atoms with Crippen molar-refractivity contribution in [3.05, 3.63) is 58.6 Å². The number of anilines is 1. The molecule has 8 nitrogen and oxygen atoms in total. The normalized spacial score (nSPS) is 10.5. The third kappa shape index (κ3) is 3.92. The van der Waals surface area contributed by atoms with Crippen LogP contribution in [0.5, 0.6) is 5.75 Å². The minimum absolute atomic E-state index is 0.209. The number of hydrogen-bond acceptors (Lipinski definition) is 5. The van der Waals surface area contributed by atoms with Gasteiger partial charge < -0.3 is 19.8 Å². The number of benzene rings is 2. The molecule has 0 saturated carbocycles. The molecule has 3 N–H and O–H groups in total. The molecule has 0 spiro atoms. The third-order valence-electron chi connectivity index (χ3n) is 3.54. The number of ether oxygens (including phenoxy) is 1. The maximum atomic E-state index is 12.3. The van der Waals surface area contributed by atoms with E-state index in [0.717, 1.165) is 0 Å². The molecule has 0 atom stereocenters. The van der Waals surface area contributed by atoms with E-state index in [1.807, 2.05) is 6.92 Å². The molecule has 2 aromatic carbocycles. The highest BCUT2D eigenvalue weighted by atomic mass is 16.5. The fourth-order valence-electron chi connectivity index (χ4n) is 2.43. The number of oxazole rings is 1. The molecule has 3 aromatic rings. The van der Waals surface area contributed by atoms with Crippen molar-refractivity contribution in [2.24, 2.45) is 0 Å². The molecule has 1 aromatic heterocycles. The highest BCUT2D eigenvalue weighted by Gasteiger charge is 2.13. The second-order valence-electron chi connectivity index (χ2n) is 5.39. The lowest BCUT2D eigenvalue weighted by molar-refractivity contribution is -0.115. The molecule has 1 heterocycles. The molecule has 3 rings (SSSR count). The Labute approximate surface area is 148 Å². The maximum absolute atomic E-state index is 12.3. The van der Waals surface area contributed by atoms with Gasteiger partial charge in [-0.15, -0.1) is 0 Å². The fraction of sp³-hybridized carbons (Fsp3) is 0.167. The number of nitrogens with one attached hydrogen (secondary N) is 3. The largest absolute Gasteiger partial charge is 0.493 e.